The normalized spacial score (nSPS) is 22.0. The van der Waals surface area contributed by atoms with Crippen molar-refractivity contribution in [2.45, 2.75) is 25.5 Å². The summed E-state index contributed by atoms with van der Waals surface area (Å²) in [5.41, 5.74) is 0.908. The van der Waals surface area contributed by atoms with E-state index in [9.17, 15) is 0 Å². The number of rotatable bonds is 6. The highest BCUT2D eigenvalue weighted by molar-refractivity contribution is 5.54. The summed E-state index contributed by atoms with van der Waals surface area (Å²) in [7, 11) is 1.65. The van der Waals surface area contributed by atoms with Gasteiger partial charge in [0.15, 0.2) is 5.82 Å². The molecule has 2 saturated heterocycles. The quantitative estimate of drug-likeness (QED) is 0.783. The molecule has 140 valence electrons. The Morgan fingerprint density at radius 2 is 1.88 bits per heavy atom. The SMILES string of the molecule is COc1ccc(-c2nc(CN3CCN(CC4CCCO4)CC3)no2)cc1. The lowest BCUT2D eigenvalue weighted by Gasteiger charge is -2.35. The molecule has 1 aromatic carbocycles. The number of nitrogens with zero attached hydrogens (tertiary/aromatic N) is 4. The predicted octanol–water partition coefficient (Wildman–Crippen LogP) is 2.04. The van der Waals surface area contributed by atoms with Crippen LogP contribution in [0.3, 0.4) is 0 Å². The molecular weight excluding hydrogens is 332 g/mol. The number of hydrogen-bond donors (Lipinski definition) is 0. The summed E-state index contributed by atoms with van der Waals surface area (Å²) in [6, 6.07) is 7.65. The molecule has 0 N–H and O–H groups in total. The summed E-state index contributed by atoms with van der Waals surface area (Å²) in [5.74, 6) is 2.11. The van der Waals surface area contributed by atoms with Crippen LogP contribution in [0.2, 0.25) is 0 Å². The van der Waals surface area contributed by atoms with Gasteiger partial charge in [-0.3, -0.25) is 9.80 Å². The highest BCUT2D eigenvalue weighted by Crippen LogP contribution is 2.21. The molecule has 1 atom stereocenters. The largest absolute Gasteiger partial charge is 0.497 e. The van der Waals surface area contributed by atoms with E-state index in [1.165, 1.54) is 12.8 Å². The third kappa shape index (κ3) is 4.23. The van der Waals surface area contributed by atoms with Crippen LogP contribution in [0.15, 0.2) is 28.8 Å². The van der Waals surface area contributed by atoms with E-state index < -0.39 is 0 Å². The lowest BCUT2D eigenvalue weighted by molar-refractivity contribution is 0.0483. The van der Waals surface area contributed by atoms with Gasteiger partial charge in [-0.2, -0.15) is 4.98 Å². The van der Waals surface area contributed by atoms with E-state index in [1.54, 1.807) is 7.11 Å². The molecule has 0 saturated carbocycles. The molecule has 7 heteroatoms. The number of aromatic nitrogens is 2. The van der Waals surface area contributed by atoms with Crippen molar-refractivity contribution in [3.63, 3.8) is 0 Å². The van der Waals surface area contributed by atoms with E-state index in [1.807, 2.05) is 24.3 Å². The molecule has 0 spiro atoms. The van der Waals surface area contributed by atoms with Crippen LogP contribution in [0.5, 0.6) is 5.75 Å². The van der Waals surface area contributed by atoms with Crippen molar-refractivity contribution in [1.29, 1.82) is 0 Å². The summed E-state index contributed by atoms with van der Waals surface area (Å²) in [5, 5.41) is 4.14. The number of ether oxygens (including phenoxy) is 2. The zero-order valence-corrected chi connectivity index (χ0v) is 15.3. The highest BCUT2D eigenvalue weighted by Gasteiger charge is 2.23. The van der Waals surface area contributed by atoms with Crippen LogP contribution in [0, 0.1) is 0 Å². The fourth-order valence-electron chi connectivity index (χ4n) is 3.58. The van der Waals surface area contributed by atoms with Crippen LogP contribution < -0.4 is 4.74 Å². The van der Waals surface area contributed by atoms with Gasteiger partial charge in [-0.25, -0.2) is 0 Å². The average molecular weight is 358 g/mol. The van der Waals surface area contributed by atoms with Gasteiger partial charge in [-0.1, -0.05) is 5.16 Å². The molecule has 7 nitrogen and oxygen atoms in total. The summed E-state index contributed by atoms with van der Waals surface area (Å²) in [4.78, 5) is 9.43. The highest BCUT2D eigenvalue weighted by atomic mass is 16.5. The van der Waals surface area contributed by atoms with E-state index in [2.05, 4.69) is 19.9 Å². The second-order valence-corrected chi connectivity index (χ2v) is 6.96. The molecule has 2 aromatic rings. The summed E-state index contributed by atoms with van der Waals surface area (Å²) in [6.45, 7) is 6.93. The van der Waals surface area contributed by atoms with Gasteiger partial charge in [0, 0.05) is 44.9 Å². The van der Waals surface area contributed by atoms with Gasteiger partial charge in [0.05, 0.1) is 19.8 Å². The molecule has 2 aliphatic heterocycles. The third-order valence-corrected chi connectivity index (χ3v) is 5.12. The van der Waals surface area contributed by atoms with Crippen LogP contribution in [0.4, 0.5) is 0 Å². The second kappa shape index (κ2) is 8.16. The van der Waals surface area contributed by atoms with Gasteiger partial charge in [0.25, 0.3) is 5.89 Å². The minimum atomic E-state index is 0.436. The fraction of sp³-hybridized carbons (Fsp3) is 0.579. The summed E-state index contributed by atoms with van der Waals surface area (Å²) in [6.07, 6.45) is 2.85. The minimum absolute atomic E-state index is 0.436. The van der Waals surface area contributed by atoms with Crippen molar-refractivity contribution in [3.8, 4) is 17.2 Å². The Hall–Kier alpha value is -1.96. The smallest absolute Gasteiger partial charge is 0.257 e. The van der Waals surface area contributed by atoms with Crippen LogP contribution in [0.1, 0.15) is 18.7 Å². The number of benzene rings is 1. The zero-order valence-electron chi connectivity index (χ0n) is 15.3. The topological polar surface area (TPSA) is 63.9 Å². The third-order valence-electron chi connectivity index (χ3n) is 5.12. The monoisotopic (exact) mass is 358 g/mol. The number of piperazine rings is 1. The molecule has 2 aliphatic rings. The number of methoxy groups -OCH3 is 1. The Morgan fingerprint density at radius 1 is 1.12 bits per heavy atom. The van der Waals surface area contributed by atoms with Gasteiger partial charge in [-0.05, 0) is 37.1 Å². The van der Waals surface area contributed by atoms with Crippen molar-refractivity contribution >= 4 is 0 Å². The van der Waals surface area contributed by atoms with Gasteiger partial charge in [0.1, 0.15) is 5.75 Å². The lowest BCUT2D eigenvalue weighted by Crippen LogP contribution is -2.48. The maximum absolute atomic E-state index is 5.74. The Kier molecular flexibility index (Phi) is 5.48. The molecule has 1 aromatic heterocycles. The first-order chi connectivity index (χ1) is 12.8. The van der Waals surface area contributed by atoms with Gasteiger partial charge < -0.3 is 14.0 Å². The van der Waals surface area contributed by atoms with E-state index in [0.717, 1.165) is 63.0 Å². The second-order valence-electron chi connectivity index (χ2n) is 6.96. The maximum Gasteiger partial charge on any atom is 0.257 e. The van der Waals surface area contributed by atoms with Crippen molar-refractivity contribution in [2.75, 3.05) is 46.4 Å². The molecule has 0 amide bonds. The molecule has 4 rings (SSSR count). The molecule has 2 fully saturated rings. The van der Waals surface area contributed by atoms with Crippen LogP contribution in [-0.4, -0.2) is 72.5 Å². The van der Waals surface area contributed by atoms with E-state index in [0.29, 0.717) is 12.0 Å². The molecule has 26 heavy (non-hydrogen) atoms. The molecule has 3 heterocycles. The minimum Gasteiger partial charge on any atom is -0.497 e. The predicted molar refractivity (Wildman–Crippen MR) is 97.0 cm³/mol. The fourth-order valence-corrected chi connectivity index (χ4v) is 3.58. The molecule has 0 radical (unpaired) electrons. The van der Waals surface area contributed by atoms with E-state index >= 15 is 0 Å². The molecular formula is C19H26N4O3. The average Bonchev–Trinajstić information content (AvgIpc) is 3.36. The maximum atomic E-state index is 5.74. The lowest BCUT2D eigenvalue weighted by atomic mass is 10.2. The Balaban J connectivity index is 1.27. The van der Waals surface area contributed by atoms with Crippen molar-refractivity contribution in [2.24, 2.45) is 0 Å². The van der Waals surface area contributed by atoms with Crippen LogP contribution >= 0.6 is 0 Å². The Morgan fingerprint density at radius 3 is 2.58 bits per heavy atom. The molecule has 0 aliphatic carbocycles. The first-order valence-corrected chi connectivity index (χ1v) is 9.33. The zero-order chi connectivity index (χ0) is 17.8. The summed E-state index contributed by atoms with van der Waals surface area (Å²) >= 11 is 0. The standard InChI is InChI=1S/C19H26N4O3/c1-24-16-6-4-15(5-7-16)19-20-18(21-26-19)14-23-10-8-22(9-11-23)13-17-3-2-12-25-17/h4-7,17H,2-3,8-14H2,1H3. The van der Waals surface area contributed by atoms with Crippen LogP contribution in [-0.2, 0) is 11.3 Å². The van der Waals surface area contributed by atoms with E-state index in [-0.39, 0.29) is 0 Å². The summed E-state index contributed by atoms with van der Waals surface area (Å²) < 4.78 is 16.3. The Labute approximate surface area is 153 Å². The number of hydrogen-bond acceptors (Lipinski definition) is 7. The van der Waals surface area contributed by atoms with Crippen molar-refractivity contribution in [3.05, 3.63) is 30.1 Å². The molecule has 0 bridgehead atoms. The Bertz CT molecular complexity index is 689. The van der Waals surface area contributed by atoms with Gasteiger partial charge in [-0.15, -0.1) is 0 Å². The first-order valence-electron chi connectivity index (χ1n) is 9.33. The molecule has 1 unspecified atom stereocenters. The van der Waals surface area contributed by atoms with Crippen molar-refractivity contribution < 1.29 is 14.0 Å². The van der Waals surface area contributed by atoms with Crippen molar-refractivity contribution in [1.82, 2.24) is 19.9 Å². The van der Waals surface area contributed by atoms with Gasteiger partial charge in [0.2, 0.25) is 0 Å². The first kappa shape index (κ1) is 17.5. The van der Waals surface area contributed by atoms with Gasteiger partial charge >= 0.3 is 0 Å². The van der Waals surface area contributed by atoms with E-state index in [4.69, 9.17) is 14.0 Å². The van der Waals surface area contributed by atoms with Crippen LogP contribution in [0.25, 0.3) is 11.5 Å².